The van der Waals surface area contributed by atoms with Crippen LogP contribution in [0.25, 0.3) is 33.4 Å². The molecule has 0 aliphatic carbocycles. The van der Waals surface area contributed by atoms with E-state index in [9.17, 15) is 0 Å². The highest BCUT2D eigenvalue weighted by Gasteiger charge is 2.17. The quantitative estimate of drug-likeness (QED) is 0.158. The highest BCUT2D eigenvalue weighted by molar-refractivity contribution is 5.70. The van der Waals surface area contributed by atoms with Gasteiger partial charge in [0.05, 0.1) is 13.2 Å². The summed E-state index contributed by atoms with van der Waals surface area (Å²) < 4.78 is 5.40. The third-order valence-corrected chi connectivity index (χ3v) is 11.2. The van der Waals surface area contributed by atoms with Crippen molar-refractivity contribution in [1.29, 1.82) is 0 Å². The number of hydrogen-bond acceptors (Lipinski definition) is 8. The van der Waals surface area contributed by atoms with E-state index in [-0.39, 0.29) is 0 Å². The van der Waals surface area contributed by atoms with Gasteiger partial charge in [0.2, 0.25) is 0 Å². The monoisotopic (exact) mass is 804 g/mol. The van der Waals surface area contributed by atoms with E-state index in [1.165, 1.54) is 93.1 Å². The van der Waals surface area contributed by atoms with Crippen LogP contribution in [0.1, 0.15) is 50.3 Å². The molecule has 3 aromatic heterocycles. The predicted molar refractivity (Wildman–Crippen MR) is 253 cm³/mol. The van der Waals surface area contributed by atoms with Crippen LogP contribution in [0.2, 0.25) is 0 Å². The minimum atomic E-state index is 0.816. The van der Waals surface area contributed by atoms with Gasteiger partial charge in [0, 0.05) is 123 Å². The highest BCUT2D eigenvalue weighted by atomic mass is 16.5. The van der Waals surface area contributed by atoms with Gasteiger partial charge < -0.3 is 24.3 Å². The molecule has 0 saturated carbocycles. The number of pyridine rings is 3. The summed E-state index contributed by atoms with van der Waals surface area (Å²) in [6, 6.07) is 32.8. The molecule has 0 radical (unpaired) electrons. The van der Waals surface area contributed by atoms with Gasteiger partial charge in [-0.1, -0.05) is 57.2 Å². The topological polar surface area (TPSA) is 60.9 Å². The largest absolute Gasteiger partial charge is 0.378 e. The molecule has 0 atom stereocenters. The number of piperazine rings is 1. The number of nitrogens with zero attached hydrogens (tertiary/aromatic N) is 7. The van der Waals surface area contributed by atoms with Gasteiger partial charge >= 0.3 is 0 Å². The second-order valence-electron chi connectivity index (χ2n) is 15.6. The van der Waals surface area contributed by atoms with Crippen molar-refractivity contribution in [3.05, 3.63) is 145 Å². The maximum absolute atomic E-state index is 5.40. The van der Waals surface area contributed by atoms with Gasteiger partial charge in [-0.2, -0.15) is 0 Å². The molecule has 0 N–H and O–H groups in total. The van der Waals surface area contributed by atoms with Crippen molar-refractivity contribution in [3.8, 4) is 33.4 Å². The smallest absolute Gasteiger partial charge is 0.0642 e. The van der Waals surface area contributed by atoms with Crippen LogP contribution in [0.4, 0.5) is 17.1 Å². The summed E-state index contributed by atoms with van der Waals surface area (Å²) in [5.74, 6) is 0. The fraction of sp³-hybridized carbons (Fsp3) is 0.365. The molecule has 0 spiro atoms. The number of benzene rings is 3. The SMILES string of the molecule is CC.CCN1CCN(c2cccc(-c3cncc(C)c3)c2)CC1.Cc1cncc(-c2cccc(N3CCCC3)c2)c1.Cc1cncc(-c2cccc(N3CCOCC3)c2)c1. The number of ether oxygens (including phenoxy) is 1. The Kier molecular flexibility index (Phi) is 16.6. The Morgan fingerprint density at radius 3 is 1.17 bits per heavy atom. The van der Waals surface area contributed by atoms with Gasteiger partial charge in [0.15, 0.2) is 0 Å². The van der Waals surface area contributed by atoms with Crippen molar-refractivity contribution in [2.24, 2.45) is 0 Å². The molecular formula is C52H65N7O. The van der Waals surface area contributed by atoms with Crippen LogP contribution in [0.3, 0.4) is 0 Å². The number of likely N-dealkylation sites (N-methyl/N-ethyl adjacent to an activating group) is 1. The lowest BCUT2D eigenvalue weighted by Crippen LogP contribution is -2.46. The molecular weight excluding hydrogens is 739 g/mol. The fourth-order valence-corrected chi connectivity index (χ4v) is 7.90. The third-order valence-electron chi connectivity index (χ3n) is 11.2. The van der Waals surface area contributed by atoms with Crippen molar-refractivity contribution in [2.45, 2.75) is 54.4 Å². The molecule has 9 rings (SSSR count). The molecule has 8 nitrogen and oxygen atoms in total. The van der Waals surface area contributed by atoms with E-state index in [0.29, 0.717) is 0 Å². The Hall–Kier alpha value is -5.57. The van der Waals surface area contributed by atoms with Gasteiger partial charge in [-0.05, 0) is 128 Å². The summed E-state index contributed by atoms with van der Waals surface area (Å²) in [5.41, 5.74) is 14.8. The van der Waals surface area contributed by atoms with Crippen molar-refractivity contribution in [2.75, 3.05) is 86.8 Å². The summed E-state index contributed by atoms with van der Waals surface area (Å²) in [4.78, 5) is 22.7. The second-order valence-corrected chi connectivity index (χ2v) is 15.6. The number of aromatic nitrogens is 3. The second kappa shape index (κ2) is 22.7. The minimum absolute atomic E-state index is 0.816. The van der Waals surface area contributed by atoms with Crippen LogP contribution in [-0.2, 0) is 4.74 Å². The normalized spacial score (nSPS) is 15.2. The highest BCUT2D eigenvalue weighted by Crippen LogP contribution is 2.29. The Labute approximate surface area is 359 Å². The molecule has 6 heterocycles. The van der Waals surface area contributed by atoms with Gasteiger partial charge in [-0.15, -0.1) is 0 Å². The fourth-order valence-electron chi connectivity index (χ4n) is 7.90. The first-order chi connectivity index (χ1) is 29.4. The number of rotatable bonds is 7. The number of morpholine rings is 1. The van der Waals surface area contributed by atoms with Gasteiger partial charge in [0.1, 0.15) is 0 Å². The number of hydrogen-bond donors (Lipinski definition) is 0. The first-order valence-electron chi connectivity index (χ1n) is 22.0. The third kappa shape index (κ3) is 12.5. The maximum Gasteiger partial charge on any atom is 0.0642 e. The van der Waals surface area contributed by atoms with E-state index in [2.05, 4.69) is 153 Å². The zero-order chi connectivity index (χ0) is 42.1. The minimum Gasteiger partial charge on any atom is -0.378 e. The molecule has 3 aliphatic rings. The van der Waals surface area contributed by atoms with E-state index in [1.807, 2.05) is 51.0 Å². The maximum atomic E-state index is 5.40. The average Bonchev–Trinajstić information content (AvgIpc) is 3.87. The first-order valence-corrected chi connectivity index (χ1v) is 22.0. The van der Waals surface area contributed by atoms with Crippen molar-refractivity contribution >= 4 is 17.1 Å². The molecule has 0 bridgehead atoms. The van der Waals surface area contributed by atoms with Crippen LogP contribution in [0.5, 0.6) is 0 Å². The number of aryl methyl sites for hydroxylation is 3. The Balaban J connectivity index is 0.000000148. The molecule has 8 heteroatoms. The molecule has 3 aliphatic heterocycles. The molecule has 0 amide bonds. The molecule has 60 heavy (non-hydrogen) atoms. The summed E-state index contributed by atoms with van der Waals surface area (Å²) in [7, 11) is 0. The van der Waals surface area contributed by atoms with E-state index in [1.54, 1.807) is 0 Å². The molecule has 6 aromatic rings. The molecule has 314 valence electrons. The standard InChI is InChI=1S/C18H23N3.C16H18N2O.C16H18N2.C2H6/c1-3-20-7-9-21(10-8-20)18-6-4-5-16(12-18)17-11-15(2)13-19-14-17;1-13-9-15(12-17-11-13)14-3-2-4-16(10-14)18-5-7-19-8-6-18;1-13-9-15(12-17-11-13)14-5-4-6-16(10-14)18-7-2-3-8-18;1-2/h4-6,11-14H,3,7-10H2,1-2H3;2-4,9-12H,5-8H2,1H3;4-6,9-12H,2-3,7-8H2,1H3;1-2H3. The van der Waals surface area contributed by atoms with E-state index in [4.69, 9.17) is 4.74 Å². The lowest BCUT2D eigenvalue weighted by atomic mass is 10.1. The average molecular weight is 804 g/mol. The zero-order valence-corrected chi connectivity index (χ0v) is 36.9. The molecule has 0 unspecified atom stereocenters. The van der Waals surface area contributed by atoms with Gasteiger partial charge in [-0.3, -0.25) is 15.0 Å². The molecule has 3 fully saturated rings. The van der Waals surface area contributed by atoms with Crippen LogP contribution < -0.4 is 14.7 Å². The lowest BCUT2D eigenvalue weighted by Gasteiger charge is -2.35. The van der Waals surface area contributed by atoms with E-state index < -0.39 is 0 Å². The first kappa shape index (κ1) is 44.0. The van der Waals surface area contributed by atoms with Crippen LogP contribution >= 0.6 is 0 Å². The predicted octanol–water partition coefficient (Wildman–Crippen LogP) is 10.8. The molecule has 3 aromatic carbocycles. The zero-order valence-electron chi connectivity index (χ0n) is 36.9. The summed E-state index contributed by atoms with van der Waals surface area (Å²) >= 11 is 0. The summed E-state index contributed by atoms with van der Waals surface area (Å²) in [6.07, 6.45) is 14.1. The van der Waals surface area contributed by atoms with Gasteiger partial charge in [0.25, 0.3) is 0 Å². The van der Waals surface area contributed by atoms with Crippen molar-refractivity contribution in [1.82, 2.24) is 19.9 Å². The lowest BCUT2D eigenvalue weighted by molar-refractivity contribution is 0.122. The summed E-state index contributed by atoms with van der Waals surface area (Å²) in [5, 5.41) is 0. The van der Waals surface area contributed by atoms with Crippen LogP contribution in [0.15, 0.2) is 128 Å². The summed E-state index contributed by atoms with van der Waals surface area (Å²) in [6.45, 7) is 24.1. The van der Waals surface area contributed by atoms with E-state index in [0.717, 1.165) is 59.0 Å². The van der Waals surface area contributed by atoms with Gasteiger partial charge in [-0.25, -0.2) is 0 Å². The Morgan fingerprint density at radius 1 is 0.433 bits per heavy atom. The Bertz CT molecular complexity index is 2200. The van der Waals surface area contributed by atoms with E-state index >= 15 is 0 Å². The molecule has 3 saturated heterocycles. The van der Waals surface area contributed by atoms with Crippen molar-refractivity contribution < 1.29 is 4.74 Å². The van der Waals surface area contributed by atoms with Crippen LogP contribution in [0, 0.1) is 20.8 Å². The number of anilines is 3. The Morgan fingerprint density at radius 2 is 0.800 bits per heavy atom. The van der Waals surface area contributed by atoms with Crippen LogP contribution in [-0.4, -0.2) is 92.0 Å². The van der Waals surface area contributed by atoms with Crippen molar-refractivity contribution in [3.63, 3.8) is 0 Å².